The van der Waals surface area contributed by atoms with Crippen molar-refractivity contribution in [1.82, 2.24) is 30.4 Å². The van der Waals surface area contributed by atoms with Gasteiger partial charge in [-0.2, -0.15) is 0 Å². The molecule has 40 heavy (non-hydrogen) atoms. The summed E-state index contributed by atoms with van der Waals surface area (Å²) in [5.41, 5.74) is 2.05. The molecule has 2 aliphatic rings. The maximum atomic E-state index is 13.5. The fourth-order valence-electron chi connectivity index (χ4n) is 5.36. The van der Waals surface area contributed by atoms with Crippen LogP contribution in [0.25, 0.3) is 10.9 Å². The van der Waals surface area contributed by atoms with E-state index in [-0.39, 0.29) is 30.8 Å². The van der Waals surface area contributed by atoms with Crippen molar-refractivity contribution in [2.24, 2.45) is 0 Å². The SMILES string of the molecule is COCCC1[C@H](NC(=O)c2nc3c(s2)CN(C)CC3)[C@@H](NC(=O)c2cc3cc(Cl)ccc3[nH]2)CCN1C(=O)O.Cl. The normalized spacial score (nSPS) is 21.0. The molecule has 0 spiro atoms. The molecule has 2 aliphatic heterocycles. The average Bonchev–Trinajstić information content (AvgIpc) is 3.52. The van der Waals surface area contributed by atoms with Crippen molar-refractivity contribution < 1.29 is 24.2 Å². The van der Waals surface area contributed by atoms with Gasteiger partial charge in [-0.05, 0) is 44.2 Å². The number of amides is 3. The number of hydrogen-bond donors (Lipinski definition) is 4. The van der Waals surface area contributed by atoms with Gasteiger partial charge in [-0.3, -0.25) is 9.59 Å². The number of H-pyrrole nitrogens is 1. The van der Waals surface area contributed by atoms with Crippen LogP contribution in [0.3, 0.4) is 0 Å². The molecule has 0 bridgehead atoms. The number of aromatic nitrogens is 2. The maximum Gasteiger partial charge on any atom is 0.407 e. The molecular formula is C26H32Cl2N6O5S. The molecule has 0 radical (unpaired) electrons. The minimum atomic E-state index is -1.08. The Kier molecular flexibility index (Phi) is 9.57. The molecule has 4 N–H and O–H groups in total. The fraction of sp³-hybridized carbons (Fsp3) is 0.462. The summed E-state index contributed by atoms with van der Waals surface area (Å²) < 4.78 is 5.25. The van der Waals surface area contributed by atoms with E-state index in [0.29, 0.717) is 35.2 Å². The molecule has 3 aromatic rings. The van der Waals surface area contributed by atoms with Gasteiger partial charge in [0, 0.05) is 60.6 Å². The van der Waals surface area contributed by atoms with Crippen molar-refractivity contribution in [3.05, 3.63) is 50.6 Å². The number of likely N-dealkylation sites (tertiary alicyclic amines) is 1. The van der Waals surface area contributed by atoms with E-state index < -0.39 is 24.2 Å². The molecule has 3 atom stereocenters. The Hall–Kier alpha value is -2.90. The largest absolute Gasteiger partial charge is 0.465 e. The molecular weight excluding hydrogens is 579 g/mol. The molecule has 14 heteroatoms. The standard InChI is InChI=1S/C26H31ClN6O5S.ClH/c1-32-8-5-17-21(13-32)39-25(30-17)24(35)31-22-18(6-9-33(26(36)37)20(22)7-10-38-2)29-23(34)19-12-14-11-15(27)3-4-16(14)28-19;/h3-4,11-12,18,20,22,28H,5-10,13H2,1-2H3,(H,29,34)(H,31,35)(H,36,37);1H/t18-,20?,22+;/m0./s1. The van der Waals surface area contributed by atoms with Crippen LogP contribution < -0.4 is 10.6 Å². The van der Waals surface area contributed by atoms with Gasteiger partial charge in [0.2, 0.25) is 0 Å². The average molecular weight is 612 g/mol. The predicted molar refractivity (Wildman–Crippen MR) is 155 cm³/mol. The summed E-state index contributed by atoms with van der Waals surface area (Å²) >= 11 is 7.45. The van der Waals surface area contributed by atoms with E-state index in [0.717, 1.165) is 41.0 Å². The number of methoxy groups -OCH3 is 1. The first-order valence-corrected chi connectivity index (χ1v) is 14.0. The number of rotatable bonds is 7. The number of hydrogen-bond acceptors (Lipinski definition) is 7. The van der Waals surface area contributed by atoms with Gasteiger partial charge in [0.1, 0.15) is 5.69 Å². The number of benzene rings is 1. The number of carboxylic acid groups (broad SMARTS) is 1. The van der Waals surface area contributed by atoms with Crippen LogP contribution in [0.2, 0.25) is 5.02 Å². The second-order valence-corrected chi connectivity index (χ2v) is 11.5. The zero-order valence-electron chi connectivity index (χ0n) is 22.1. The molecule has 11 nitrogen and oxygen atoms in total. The summed E-state index contributed by atoms with van der Waals surface area (Å²) in [6.07, 6.45) is 0.374. The Morgan fingerprint density at radius 1 is 1.23 bits per heavy atom. The Bertz CT molecular complexity index is 1400. The molecule has 1 aromatic carbocycles. The van der Waals surface area contributed by atoms with Crippen LogP contribution in [0.15, 0.2) is 24.3 Å². The summed E-state index contributed by atoms with van der Waals surface area (Å²) in [4.78, 5) is 51.1. The molecule has 5 rings (SSSR count). The lowest BCUT2D eigenvalue weighted by molar-refractivity contribution is 0.0500. The van der Waals surface area contributed by atoms with Crippen LogP contribution in [0, 0.1) is 0 Å². The Balaban J connectivity index is 0.00000370. The monoisotopic (exact) mass is 610 g/mol. The van der Waals surface area contributed by atoms with E-state index in [9.17, 15) is 19.5 Å². The number of nitrogens with zero attached hydrogens (tertiary/aromatic N) is 3. The minimum Gasteiger partial charge on any atom is -0.465 e. The first-order valence-electron chi connectivity index (χ1n) is 12.8. The van der Waals surface area contributed by atoms with Crippen molar-refractivity contribution in [3.63, 3.8) is 0 Å². The van der Waals surface area contributed by atoms with Crippen LogP contribution in [-0.2, 0) is 17.7 Å². The summed E-state index contributed by atoms with van der Waals surface area (Å²) in [6, 6.07) is 5.21. The first kappa shape index (κ1) is 30.1. The number of likely N-dealkylation sites (N-methyl/N-ethyl adjacent to an activating group) is 1. The van der Waals surface area contributed by atoms with Crippen molar-refractivity contribution in [2.75, 3.05) is 33.9 Å². The third-order valence-corrected chi connectivity index (χ3v) is 8.67. The maximum absolute atomic E-state index is 13.5. The molecule has 1 fully saturated rings. The van der Waals surface area contributed by atoms with Gasteiger partial charge in [-0.1, -0.05) is 11.6 Å². The quantitative estimate of drug-likeness (QED) is 0.321. The zero-order valence-corrected chi connectivity index (χ0v) is 24.5. The van der Waals surface area contributed by atoms with Gasteiger partial charge < -0.3 is 35.3 Å². The number of ether oxygens (including phenoxy) is 1. The highest BCUT2D eigenvalue weighted by atomic mass is 35.5. The highest BCUT2D eigenvalue weighted by molar-refractivity contribution is 7.13. The van der Waals surface area contributed by atoms with E-state index in [1.54, 1.807) is 31.4 Å². The highest BCUT2D eigenvalue weighted by Gasteiger charge is 2.42. The van der Waals surface area contributed by atoms with Gasteiger partial charge >= 0.3 is 6.09 Å². The van der Waals surface area contributed by atoms with E-state index in [4.69, 9.17) is 16.3 Å². The van der Waals surface area contributed by atoms with Crippen LogP contribution >= 0.6 is 35.3 Å². The molecule has 0 aliphatic carbocycles. The second kappa shape index (κ2) is 12.7. The molecule has 216 valence electrons. The minimum absolute atomic E-state index is 0. The van der Waals surface area contributed by atoms with Crippen LogP contribution in [0.1, 0.15) is 43.7 Å². The topological polar surface area (TPSA) is 140 Å². The predicted octanol–water partition coefficient (Wildman–Crippen LogP) is 3.37. The lowest BCUT2D eigenvalue weighted by Crippen LogP contribution is -2.66. The van der Waals surface area contributed by atoms with E-state index in [2.05, 4.69) is 25.5 Å². The number of carbonyl (C=O) groups excluding carboxylic acids is 2. The molecule has 1 saturated heterocycles. The number of fused-ring (bicyclic) bond motifs is 2. The molecule has 4 heterocycles. The number of aromatic amines is 1. The van der Waals surface area contributed by atoms with Gasteiger partial charge in [-0.15, -0.1) is 23.7 Å². The zero-order chi connectivity index (χ0) is 27.7. The van der Waals surface area contributed by atoms with Crippen LogP contribution in [0.4, 0.5) is 4.79 Å². The Labute approximate surface area is 246 Å². The van der Waals surface area contributed by atoms with Crippen molar-refractivity contribution in [1.29, 1.82) is 0 Å². The number of halogens is 2. The third kappa shape index (κ3) is 6.36. The lowest BCUT2D eigenvalue weighted by atomic mass is 9.89. The summed E-state index contributed by atoms with van der Waals surface area (Å²) in [6.45, 7) is 2.12. The number of thiazole rings is 1. The first-order chi connectivity index (χ1) is 18.7. The van der Waals surface area contributed by atoms with Gasteiger partial charge in [0.05, 0.1) is 23.8 Å². The van der Waals surface area contributed by atoms with Gasteiger partial charge in [0.25, 0.3) is 11.8 Å². The smallest absolute Gasteiger partial charge is 0.407 e. The summed E-state index contributed by atoms with van der Waals surface area (Å²) in [5.74, 6) is -0.732. The Morgan fingerprint density at radius 2 is 2.02 bits per heavy atom. The molecule has 2 aromatic heterocycles. The lowest BCUT2D eigenvalue weighted by Gasteiger charge is -2.44. The van der Waals surface area contributed by atoms with E-state index in [1.807, 2.05) is 7.05 Å². The molecule has 1 unspecified atom stereocenters. The van der Waals surface area contributed by atoms with Crippen molar-refractivity contribution in [3.8, 4) is 0 Å². The third-order valence-electron chi connectivity index (χ3n) is 7.35. The van der Waals surface area contributed by atoms with Gasteiger partial charge in [-0.25, -0.2) is 9.78 Å². The van der Waals surface area contributed by atoms with Crippen LogP contribution in [-0.4, -0.2) is 94.8 Å². The van der Waals surface area contributed by atoms with Crippen molar-refractivity contribution >= 4 is 64.2 Å². The number of carbonyl (C=O) groups is 3. The summed E-state index contributed by atoms with van der Waals surface area (Å²) in [7, 11) is 3.57. The number of nitrogens with one attached hydrogen (secondary N) is 3. The van der Waals surface area contributed by atoms with Crippen molar-refractivity contribution in [2.45, 2.75) is 43.9 Å². The van der Waals surface area contributed by atoms with Crippen LogP contribution in [0.5, 0.6) is 0 Å². The second-order valence-electron chi connectivity index (χ2n) is 9.98. The fourth-order valence-corrected chi connectivity index (χ4v) is 6.63. The number of piperidine rings is 1. The molecule has 3 amide bonds. The Morgan fingerprint density at radius 3 is 2.77 bits per heavy atom. The van der Waals surface area contributed by atoms with E-state index in [1.165, 1.54) is 16.2 Å². The van der Waals surface area contributed by atoms with Gasteiger partial charge in [0.15, 0.2) is 5.01 Å². The summed E-state index contributed by atoms with van der Waals surface area (Å²) in [5, 5.41) is 17.7. The highest BCUT2D eigenvalue weighted by Crippen LogP contribution is 2.27. The molecule has 0 saturated carbocycles. The van der Waals surface area contributed by atoms with E-state index >= 15 is 0 Å².